The average molecular weight is 419 g/mol. The smallest absolute Gasteiger partial charge is 0.254 e. The first-order valence-electron chi connectivity index (χ1n) is 10.2. The first-order chi connectivity index (χ1) is 14.8. The second kappa shape index (κ2) is 8.32. The van der Waals surface area contributed by atoms with Crippen molar-refractivity contribution in [3.8, 4) is 11.5 Å². The van der Waals surface area contributed by atoms with E-state index in [4.69, 9.17) is 14.5 Å². The lowest BCUT2D eigenvalue weighted by Gasteiger charge is -2.12. The lowest BCUT2D eigenvalue weighted by molar-refractivity contribution is 0.0951. The molecule has 0 atom stereocenters. The summed E-state index contributed by atoms with van der Waals surface area (Å²) in [5, 5.41) is 3.86. The van der Waals surface area contributed by atoms with Crippen LogP contribution in [-0.2, 0) is 19.4 Å². The van der Waals surface area contributed by atoms with Gasteiger partial charge < -0.3 is 14.8 Å². The number of ether oxygens (including phenoxy) is 2. The molecule has 0 radical (unpaired) electrons. The minimum Gasteiger partial charge on any atom is -0.454 e. The summed E-state index contributed by atoms with van der Waals surface area (Å²) in [7, 11) is 0. The summed E-state index contributed by atoms with van der Waals surface area (Å²) >= 11 is 1.64. The van der Waals surface area contributed by atoms with Crippen LogP contribution in [0.15, 0.2) is 53.5 Å². The zero-order valence-electron chi connectivity index (χ0n) is 16.5. The van der Waals surface area contributed by atoms with Gasteiger partial charge in [-0.3, -0.25) is 4.79 Å². The maximum Gasteiger partial charge on any atom is 0.254 e. The number of benzene rings is 2. The summed E-state index contributed by atoms with van der Waals surface area (Å²) in [6.07, 6.45) is 6.06. The molecule has 0 fully saturated rings. The van der Waals surface area contributed by atoms with Gasteiger partial charge in [0.1, 0.15) is 5.00 Å². The van der Waals surface area contributed by atoms with Crippen molar-refractivity contribution in [2.75, 3.05) is 6.79 Å². The van der Waals surface area contributed by atoms with E-state index in [1.54, 1.807) is 17.6 Å². The number of nitrogens with zero attached hydrogens (tertiary/aromatic N) is 1. The molecule has 0 unspecified atom stereocenters. The number of aliphatic imine (C=N–C) groups is 1. The van der Waals surface area contributed by atoms with Gasteiger partial charge in [0.25, 0.3) is 5.91 Å². The van der Waals surface area contributed by atoms with Crippen LogP contribution in [-0.4, -0.2) is 18.9 Å². The number of hydrogen-bond acceptors (Lipinski definition) is 5. The van der Waals surface area contributed by atoms with Gasteiger partial charge in [0.15, 0.2) is 11.5 Å². The molecule has 1 aromatic heterocycles. The third-order valence-corrected chi connectivity index (χ3v) is 6.60. The third kappa shape index (κ3) is 3.83. The zero-order valence-corrected chi connectivity index (χ0v) is 17.3. The van der Waals surface area contributed by atoms with Gasteiger partial charge in [-0.1, -0.05) is 30.3 Å². The van der Waals surface area contributed by atoms with Crippen molar-refractivity contribution in [2.24, 2.45) is 4.99 Å². The Balaban J connectivity index is 1.41. The Labute approximate surface area is 179 Å². The van der Waals surface area contributed by atoms with Crippen molar-refractivity contribution < 1.29 is 14.3 Å². The molecule has 152 valence electrons. The molecule has 1 amide bonds. The van der Waals surface area contributed by atoms with E-state index in [9.17, 15) is 4.79 Å². The summed E-state index contributed by atoms with van der Waals surface area (Å²) < 4.78 is 10.8. The SMILES string of the molecule is O=C(NCc1ccccc1)c1c(/N=C/c2ccc3c(c2)OCO3)sc2c1CCCC2. The van der Waals surface area contributed by atoms with Crippen LogP contribution in [0.1, 0.15) is 44.8 Å². The minimum absolute atomic E-state index is 0.0453. The van der Waals surface area contributed by atoms with Crippen LogP contribution < -0.4 is 14.8 Å². The molecule has 3 aromatic rings. The Morgan fingerprint density at radius 3 is 2.80 bits per heavy atom. The van der Waals surface area contributed by atoms with E-state index in [0.29, 0.717) is 6.54 Å². The molecule has 1 aliphatic carbocycles. The number of aryl methyl sites for hydroxylation is 1. The van der Waals surface area contributed by atoms with Crippen molar-refractivity contribution in [1.82, 2.24) is 5.32 Å². The molecule has 5 nitrogen and oxygen atoms in total. The average Bonchev–Trinajstić information content (AvgIpc) is 3.40. The first kappa shape index (κ1) is 18.9. The summed E-state index contributed by atoms with van der Waals surface area (Å²) in [5.74, 6) is 1.43. The number of carbonyl (C=O) groups is 1. The van der Waals surface area contributed by atoms with E-state index in [0.717, 1.165) is 52.5 Å². The van der Waals surface area contributed by atoms with Gasteiger partial charge in [0.2, 0.25) is 6.79 Å². The number of fused-ring (bicyclic) bond motifs is 2. The molecule has 30 heavy (non-hydrogen) atoms. The number of nitrogens with one attached hydrogen (secondary N) is 1. The highest BCUT2D eigenvalue weighted by Gasteiger charge is 2.25. The van der Waals surface area contributed by atoms with Crippen LogP contribution in [0.4, 0.5) is 5.00 Å². The van der Waals surface area contributed by atoms with E-state index in [2.05, 4.69) is 5.32 Å². The van der Waals surface area contributed by atoms with Gasteiger partial charge in [-0.25, -0.2) is 4.99 Å². The normalized spacial score (nSPS) is 14.7. The summed E-state index contributed by atoms with van der Waals surface area (Å²) in [6, 6.07) is 15.7. The standard InChI is InChI=1S/C24H22N2O3S/c27-23(25-13-16-6-2-1-3-7-16)22-18-8-4-5-9-21(18)30-24(22)26-14-17-10-11-19-20(12-17)29-15-28-19/h1-3,6-7,10-12,14H,4-5,8-9,13,15H2,(H,25,27)/b26-14+. The molecule has 1 aliphatic heterocycles. The van der Waals surface area contributed by atoms with Crippen molar-refractivity contribution in [2.45, 2.75) is 32.2 Å². The summed E-state index contributed by atoms with van der Waals surface area (Å²) in [4.78, 5) is 19.1. The quantitative estimate of drug-likeness (QED) is 0.591. The van der Waals surface area contributed by atoms with Crippen LogP contribution in [0, 0.1) is 0 Å². The number of rotatable bonds is 5. The highest BCUT2D eigenvalue weighted by Crippen LogP contribution is 2.40. The van der Waals surface area contributed by atoms with Gasteiger partial charge >= 0.3 is 0 Å². The maximum absolute atomic E-state index is 13.1. The predicted molar refractivity (Wildman–Crippen MR) is 118 cm³/mol. The molecule has 6 heteroatoms. The predicted octanol–water partition coefficient (Wildman–Crippen LogP) is 5.04. The van der Waals surface area contributed by atoms with E-state index < -0.39 is 0 Å². The molecule has 5 rings (SSSR count). The molecule has 2 aromatic carbocycles. The van der Waals surface area contributed by atoms with Crippen molar-refractivity contribution >= 4 is 28.5 Å². The summed E-state index contributed by atoms with van der Waals surface area (Å²) in [5.41, 5.74) is 3.92. The third-order valence-electron chi connectivity index (χ3n) is 5.40. The van der Waals surface area contributed by atoms with Gasteiger partial charge in [0, 0.05) is 17.6 Å². The van der Waals surface area contributed by atoms with Gasteiger partial charge in [-0.2, -0.15) is 0 Å². The lowest BCUT2D eigenvalue weighted by atomic mass is 9.95. The fourth-order valence-electron chi connectivity index (χ4n) is 3.87. The molecular weight excluding hydrogens is 396 g/mol. The first-order valence-corrected chi connectivity index (χ1v) is 11.0. The molecule has 0 bridgehead atoms. The number of hydrogen-bond donors (Lipinski definition) is 1. The van der Waals surface area contributed by atoms with Gasteiger partial charge in [0.05, 0.1) is 5.56 Å². The number of amides is 1. The van der Waals surface area contributed by atoms with Crippen molar-refractivity contribution in [1.29, 1.82) is 0 Å². The molecule has 2 heterocycles. The second-order valence-electron chi connectivity index (χ2n) is 7.43. The number of carbonyl (C=O) groups excluding carboxylic acids is 1. The van der Waals surface area contributed by atoms with Crippen LogP contribution in [0.2, 0.25) is 0 Å². The second-order valence-corrected chi connectivity index (χ2v) is 8.51. The maximum atomic E-state index is 13.1. The highest BCUT2D eigenvalue weighted by molar-refractivity contribution is 7.16. The van der Waals surface area contributed by atoms with E-state index in [1.165, 1.54) is 16.9 Å². The molecular formula is C24H22N2O3S. The van der Waals surface area contributed by atoms with E-state index >= 15 is 0 Å². The topological polar surface area (TPSA) is 59.9 Å². The van der Waals surface area contributed by atoms with Crippen LogP contribution in [0.25, 0.3) is 0 Å². The summed E-state index contributed by atoms with van der Waals surface area (Å²) in [6.45, 7) is 0.759. The van der Waals surface area contributed by atoms with E-state index in [1.807, 2.05) is 48.5 Å². The Bertz CT molecular complexity index is 1110. The minimum atomic E-state index is -0.0453. The van der Waals surface area contributed by atoms with Crippen LogP contribution in [0.3, 0.4) is 0 Å². The van der Waals surface area contributed by atoms with Crippen LogP contribution in [0.5, 0.6) is 11.5 Å². The van der Waals surface area contributed by atoms with E-state index in [-0.39, 0.29) is 12.7 Å². The Morgan fingerprint density at radius 2 is 1.90 bits per heavy atom. The van der Waals surface area contributed by atoms with Crippen LogP contribution >= 0.6 is 11.3 Å². The Kier molecular flexibility index (Phi) is 5.24. The zero-order chi connectivity index (χ0) is 20.3. The van der Waals surface area contributed by atoms with Gasteiger partial charge in [-0.05, 0) is 60.6 Å². The van der Waals surface area contributed by atoms with Crippen molar-refractivity contribution in [3.05, 3.63) is 75.7 Å². The molecule has 1 N–H and O–H groups in total. The fraction of sp³-hybridized carbons (Fsp3) is 0.250. The molecule has 2 aliphatic rings. The Morgan fingerprint density at radius 1 is 1.07 bits per heavy atom. The highest BCUT2D eigenvalue weighted by atomic mass is 32.1. The monoisotopic (exact) mass is 418 g/mol. The molecule has 0 saturated carbocycles. The molecule has 0 saturated heterocycles. The fourth-order valence-corrected chi connectivity index (χ4v) is 5.10. The molecule has 0 spiro atoms. The largest absolute Gasteiger partial charge is 0.454 e. The Hall–Kier alpha value is -3.12. The van der Waals surface area contributed by atoms with Crippen molar-refractivity contribution in [3.63, 3.8) is 0 Å². The lowest BCUT2D eigenvalue weighted by Crippen LogP contribution is -2.24. The number of thiophene rings is 1. The van der Waals surface area contributed by atoms with Gasteiger partial charge in [-0.15, -0.1) is 11.3 Å².